The first-order valence-electron chi connectivity index (χ1n) is 4.50. The van der Waals surface area contributed by atoms with Gasteiger partial charge in [-0.3, -0.25) is 0 Å². The molecule has 0 radical (unpaired) electrons. The number of hydrogen-bond donors (Lipinski definition) is 0. The normalized spacial score (nSPS) is 11.0. The number of hydrogen-bond acceptors (Lipinski definition) is 0. The Labute approximate surface area is 80.3 Å². The SMILES string of the molecule is C#C/C(=C\c1ccccc1C)CC. The predicted octanol–water partition coefficient (Wildman–Crippen LogP) is 3.42. The van der Waals surface area contributed by atoms with Crippen molar-refractivity contribution in [2.45, 2.75) is 20.3 Å². The molecular weight excluding hydrogens is 156 g/mol. The summed E-state index contributed by atoms with van der Waals surface area (Å²) in [4.78, 5) is 0. The van der Waals surface area contributed by atoms with Crippen molar-refractivity contribution in [1.82, 2.24) is 0 Å². The minimum absolute atomic E-state index is 0.921. The Morgan fingerprint density at radius 2 is 2.15 bits per heavy atom. The highest BCUT2D eigenvalue weighted by Crippen LogP contribution is 2.12. The van der Waals surface area contributed by atoms with E-state index in [0.29, 0.717) is 0 Å². The molecule has 0 heterocycles. The van der Waals surface area contributed by atoms with E-state index in [2.05, 4.69) is 38.0 Å². The fourth-order valence-electron chi connectivity index (χ4n) is 1.18. The van der Waals surface area contributed by atoms with Gasteiger partial charge in [-0.15, -0.1) is 6.42 Å². The number of benzene rings is 1. The molecule has 0 bridgehead atoms. The Kier molecular flexibility index (Phi) is 3.34. The van der Waals surface area contributed by atoms with E-state index < -0.39 is 0 Å². The lowest BCUT2D eigenvalue weighted by molar-refractivity contribution is 1.18. The van der Waals surface area contributed by atoms with Crippen LogP contribution in [0.15, 0.2) is 29.8 Å². The largest absolute Gasteiger partial charge is 0.115 e. The average Bonchev–Trinajstić information content (AvgIpc) is 2.17. The number of terminal acetylenes is 1. The van der Waals surface area contributed by atoms with E-state index in [-0.39, 0.29) is 0 Å². The fourth-order valence-corrected chi connectivity index (χ4v) is 1.18. The van der Waals surface area contributed by atoms with Crippen molar-refractivity contribution in [1.29, 1.82) is 0 Å². The van der Waals surface area contributed by atoms with Crippen LogP contribution in [-0.4, -0.2) is 0 Å². The zero-order valence-electron chi connectivity index (χ0n) is 8.17. The lowest BCUT2D eigenvalue weighted by Crippen LogP contribution is -1.81. The zero-order chi connectivity index (χ0) is 9.68. The molecule has 1 aromatic rings. The summed E-state index contributed by atoms with van der Waals surface area (Å²) in [5, 5.41) is 0. The molecule has 0 saturated carbocycles. The second kappa shape index (κ2) is 4.52. The molecule has 0 amide bonds. The van der Waals surface area contributed by atoms with Crippen LogP contribution in [0, 0.1) is 19.3 Å². The molecule has 0 aliphatic carbocycles. The van der Waals surface area contributed by atoms with Crippen LogP contribution in [0.25, 0.3) is 6.08 Å². The second-order valence-electron chi connectivity index (χ2n) is 3.02. The van der Waals surface area contributed by atoms with Gasteiger partial charge in [-0.1, -0.05) is 37.1 Å². The van der Waals surface area contributed by atoms with Crippen LogP contribution in [0.4, 0.5) is 0 Å². The van der Waals surface area contributed by atoms with E-state index in [0.717, 1.165) is 12.0 Å². The molecule has 0 aromatic heterocycles. The van der Waals surface area contributed by atoms with Crippen LogP contribution in [0.2, 0.25) is 0 Å². The molecule has 0 saturated heterocycles. The van der Waals surface area contributed by atoms with Crippen molar-refractivity contribution in [3.8, 4) is 12.3 Å². The lowest BCUT2D eigenvalue weighted by atomic mass is 10.1. The highest BCUT2D eigenvalue weighted by molar-refractivity contribution is 5.60. The van der Waals surface area contributed by atoms with Gasteiger partial charge in [0, 0.05) is 5.57 Å². The van der Waals surface area contributed by atoms with E-state index in [1.165, 1.54) is 11.1 Å². The summed E-state index contributed by atoms with van der Waals surface area (Å²) in [6.45, 7) is 4.17. The van der Waals surface area contributed by atoms with Gasteiger partial charge in [0.1, 0.15) is 0 Å². The minimum Gasteiger partial charge on any atom is -0.115 e. The number of rotatable bonds is 2. The van der Waals surface area contributed by atoms with Crippen molar-refractivity contribution in [3.05, 3.63) is 41.0 Å². The van der Waals surface area contributed by atoms with E-state index in [9.17, 15) is 0 Å². The fraction of sp³-hybridized carbons (Fsp3) is 0.231. The molecule has 13 heavy (non-hydrogen) atoms. The first kappa shape index (κ1) is 9.61. The third kappa shape index (κ3) is 2.49. The molecule has 0 unspecified atom stereocenters. The van der Waals surface area contributed by atoms with Crippen molar-refractivity contribution in [2.75, 3.05) is 0 Å². The van der Waals surface area contributed by atoms with Crippen molar-refractivity contribution in [3.63, 3.8) is 0 Å². The standard InChI is InChI=1S/C13H14/c1-4-12(5-2)10-13-9-7-6-8-11(13)3/h1,6-10H,5H2,2-3H3/b12-10+. The highest BCUT2D eigenvalue weighted by Gasteiger charge is 1.93. The summed E-state index contributed by atoms with van der Waals surface area (Å²) in [6, 6.07) is 8.24. The number of allylic oxidation sites excluding steroid dienone is 1. The monoisotopic (exact) mass is 170 g/mol. The zero-order valence-corrected chi connectivity index (χ0v) is 8.17. The molecule has 0 fully saturated rings. The molecule has 0 N–H and O–H groups in total. The lowest BCUT2D eigenvalue weighted by Gasteiger charge is -2.00. The van der Waals surface area contributed by atoms with Crippen LogP contribution < -0.4 is 0 Å². The van der Waals surface area contributed by atoms with Gasteiger partial charge in [0.15, 0.2) is 0 Å². The van der Waals surface area contributed by atoms with Gasteiger partial charge in [0.05, 0.1) is 0 Å². The summed E-state index contributed by atoms with van der Waals surface area (Å²) in [6.07, 6.45) is 8.36. The maximum Gasteiger partial charge on any atom is 0.00209 e. The van der Waals surface area contributed by atoms with E-state index in [1.54, 1.807) is 0 Å². The Hall–Kier alpha value is -1.48. The third-order valence-electron chi connectivity index (χ3n) is 2.08. The van der Waals surface area contributed by atoms with Crippen molar-refractivity contribution < 1.29 is 0 Å². The average molecular weight is 170 g/mol. The van der Waals surface area contributed by atoms with Crippen LogP contribution in [0.1, 0.15) is 24.5 Å². The third-order valence-corrected chi connectivity index (χ3v) is 2.08. The van der Waals surface area contributed by atoms with Crippen LogP contribution in [-0.2, 0) is 0 Å². The van der Waals surface area contributed by atoms with Gasteiger partial charge < -0.3 is 0 Å². The molecule has 0 heteroatoms. The quantitative estimate of drug-likeness (QED) is 0.596. The van der Waals surface area contributed by atoms with Crippen LogP contribution in [0.5, 0.6) is 0 Å². The Bertz CT molecular complexity index is 351. The maximum absolute atomic E-state index is 5.36. The summed E-state index contributed by atoms with van der Waals surface area (Å²) in [5.74, 6) is 2.69. The molecule has 0 nitrogen and oxygen atoms in total. The molecule has 66 valence electrons. The summed E-state index contributed by atoms with van der Waals surface area (Å²) >= 11 is 0. The number of aryl methyl sites for hydroxylation is 1. The van der Waals surface area contributed by atoms with Crippen molar-refractivity contribution >= 4 is 6.08 Å². The van der Waals surface area contributed by atoms with Crippen LogP contribution >= 0.6 is 0 Å². The molecule has 0 spiro atoms. The van der Waals surface area contributed by atoms with E-state index in [4.69, 9.17) is 6.42 Å². The minimum atomic E-state index is 0.921. The smallest absolute Gasteiger partial charge is 0.00209 e. The maximum atomic E-state index is 5.36. The Morgan fingerprint density at radius 1 is 1.46 bits per heavy atom. The highest BCUT2D eigenvalue weighted by atomic mass is 14.0. The van der Waals surface area contributed by atoms with Crippen molar-refractivity contribution in [2.24, 2.45) is 0 Å². The predicted molar refractivity (Wildman–Crippen MR) is 58.3 cm³/mol. The molecule has 1 rings (SSSR count). The van der Waals surface area contributed by atoms with Gasteiger partial charge in [-0.2, -0.15) is 0 Å². The Balaban J connectivity index is 3.04. The molecule has 0 atom stereocenters. The first-order chi connectivity index (χ1) is 6.27. The second-order valence-corrected chi connectivity index (χ2v) is 3.02. The van der Waals surface area contributed by atoms with Crippen LogP contribution in [0.3, 0.4) is 0 Å². The molecule has 0 aliphatic heterocycles. The summed E-state index contributed by atoms with van der Waals surface area (Å²) in [5.41, 5.74) is 3.54. The van der Waals surface area contributed by atoms with E-state index in [1.807, 2.05) is 12.1 Å². The summed E-state index contributed by atoms with van der Waals surface area (Å²) < 4.78 is 0. The topological polar surface area (TPSA) is 0 Å². The molecular formula is C13H14. The van der Waals surface area contributed by atoms with Gasteiger partial charge in [-0.05, 0) is 30.5 Å². The van der Waals surface area contributed by atoms with Gasteiger partial charge in [0.2, 0.25) is 0 Å². The molecule has 1 aromatic carbocycles. The summed E-state index contributed by atoms with van der Waals surface area (Å²) in [7, 11) is 0. The van der Waals surface area contributed by atoms with Gasteiger partial charge >= 0.3 is 0 Å². The van der Waals surface area contributed by atoms with Gasteiger partial charge in [0.25, 0.3) is 0 Å². The first-order valence-corrected chi connectivity index (χ1v) is 4.50. The van der Waals surface area contributed by atoms with Gasteiger partial charge in [-0.25, -0.2) is 0 Å². The molecule has 0 aliphatic rings. The Morgan fingerprint density at radius 3 is 2.69 bits per heavy atom. The van der Waals surface area contributed by atoms with E-state index >= 15 is 0 Å².